The molecule has 0 amide bonds. The monoisotopic (exact) mass is 319 g/mol. The van der Waals surface area contributed by atoms with E-state index in [1.54, 1.807) is 0 Å². The number of rotatable bonds is 4. The van der Waals surface area contributed by atoms with Gasteiger partial charge in [-0.05, 0) is 18.2 Å². The highest BCUT2D eigenvalue weighted by atomic mass is 32.2. The third kappa shape index (κ3) is 3.21. The molecular formula is C12H14FNO6S. The highest BCUT2D eigenvalue weighted by Crippen LogP contribution is 2.23. The number of sulfonamides is 1. The number of ether oxygens (including phenoxy) is 1. The molecule has 1 atom stereocenters. The Morgan fingerprint density at radius 3 is 2.81 bits per heavy atom. The molecule has 7 nitrogen and oxygen atoms in total. The third-order valence-electron chi connectivity index (χ3n) is 3.10. The van der Waals surface area contributed by atoms with Crippen molar-refractivity contribution in [3.8, 4) is 0 Å². The Balaban J connectivity index is 2.44. The highest BCUT2D eigenvalue weighted by molar-refractivity contribution is 7.89. The molecule has 1 aromatic rings. The summed E-state index contributed by atoms with van der Waals surface area (Å²) < 4.78 is 44.4. The lowest BCUT2D eigenvalue weighted by molar-refractivity contribution is -0.0304. The number of aromatic carboxylic acids is 1. The van der Waals surface area contributed by atoms with Gasteiger partial charge in [0.05, 0.1) is 29.8 Å². The maximum atomic E-state index is 13.3. The van der Waals surface area contributed by atoms with E-state index in [0.29, 0.717) is 6.07 Å². The Bertz CT molecular complexity index is 647. The predicted molar refractivity (Wildman–Crippen MR) is 68.9 cm³/mol. The molecule has 1 fully saturated rings. The van der Waals surface area contributed by atoms with E-state index in [1.165, 1.54) is 0 Å². The number of aliphatic hydroxyl groups excluding tert-OH is 1. The molecule has 1 heterocycles. The molecule has 21 heavy (non-hydrogen) atoms. The van der Waals surface area contributed by atoms with E-state index in [0.717, 1.165) is 16.4 Å². The normalized spacial score (nSPS) is 20.4. The standard InChI is InChI=1S/C12H14FNO6S/c13-8-1-2-10(12(16)17)11(5-8)21(18,19)14-3-4-20-9(6-14)7-15/h1-2,5,9,15H,3-4,6-7H2,(H,16,17). The lowest BCUT2D eigenvalue weighted by Crippen LogP contribution is -2.47. The van der Waals surface area contributed by atoms with Gasteiger partial charge in [0, 0.05) is 13.1 Å². The van der Waals surface area contributed by atoms with Crippen LogP contribution in [0.5, 0.6) is 0 Å². The van der Waals surface area contributed by atoms with Crippen molar-refractivity contribution in [2.24, 2.45) is 0 Å². The van der Waals surface area contributed by atoms with E-state index in [9.17, 15) is 17.6 Å². The molecule has 9 heteroatoms. The third-order valence-corrected chi connectivity index (χ3v) is 5.00. The molecule has 0 aromatic heterocycles. The first-order valence-corrected chi connectivity index (χ1v) is 7.55. The second kappa shape index (κ2) is 6.06. The molecule has 116 valence electrons. The van der Waals surface area contributed by atoms with Gasteiger partial charge in [-0.3, -0.25) is 0 Å². The van der Waals surface area contributed by atoms with Crippen LogP contribution in [0.15, 0.2) is 23.1 Å². The van der Waals surface area contributed by atoms with Gasteiger partial charge < -0.3 is 14.9 Å². The molecule has 1 unspecified atom stereocenters. The van der Waals surface area contributed by atoms with Gasteiger partial charge in [-0.15, -0.1) is 0 Å². The first-order chi connectivity index (χ1) is 9.86. The van der Waals surface area contributed by atoms with Crippen molar-refractivity contribution < 1.29 is 32.6 Å². The van der Waals surface area contributed by atoms with Gasteiger partial charge in [0.1, 0.15) is 5.82 Å². The minimum atomic E-state index is -4.18. The number of morpholine rings is 1. The second-order valence-corrected chi connectivity index (χ2v) is 6.39. The first kappa shape index (κ1) is 15.8. The quantitative estimate of drug-likeness (QED) is 0.803. The lowest BCUT2D eigenvalue weighted by atomic mass is 10.2. The van der Waals surface area contributed by atoms with Crippen molar-refractivity contribution in [2.75, 3.05) is 26.3 Å². The molecule has 1 aromatic carbocycles. The maximum Gasteiger partial charge on any atom is 0.337 e. The van der Waals surface area contributed by atoms with Crippen LogP contribution in [0.1, 0.15) is 10.4 Å². The summed E-state index contributed by atoms with van der Waals surface area (Å²) in [7, 11) is -4.18. The zero-order valence-corrected chi connectivity index (χ0v) is 11.7. The SMILES string of the molecule is O=C(O)c1ccc(F)cc1S(=O)(=O)N1CCOC(CO)C1. The van der Waals surface area contributed by atoms with Crippen molar-refractivity contribution in [1.82, 2.24) is 4.31 Å². The molecule has 1 aliphatic rings. The summed E-state index contributed by atoms with van der Waals surface area (Å²) in [6.45, 7) is -0.397. The summed E-state index contributed by atoms with van der Waals surface area (Å²) in [5.41, 5.74) is -0.497. The number of carboxylic acid groups (broad SMARTS) is 1. The van der Waals surface area contributed by atoms with Gasteiger partial charge in [-0.1, -0.05) is 0 Å². The molecule has 0 aliphatic carbocycles. The van der Waals surface area contributed by atoms with Crippen molar-refractivity contribution in [3.05, 3.63) is 29.6 Å². The van der Waals surface area contributed by atoms with Gasteiger partial charge in [0.15, 0.2) is 0 Å². The molecule has 1 aliphatic heterocycles. The van der Waals surface area contributed by atoms with Crippen LogP contribution >= 0.6 is 0 Å². The zero-order chi connectivity index (χ0) is 15.6. The van der Waals surface area contributed by atoms with Crippen molar-refractivity contribution in [2.45, 2.75) is 11.0 Å². The van der Waals surface area contributed by atoms with Crippen LogP contribution in [-0.2, 0) is 14.8 Å². The zero-order valence-electron chi connectivity index (χ0n) is 10.9. The maximum absolute atomic E-state index is 13.3. The Kier molecular flexibility index (Phi) is 4.57. The number of nitrogens with zero attached hydrogens (tertiary/aromatic N) is 1. The van der Waals surface area contributed by atoms with Crippen LogP contribution in [0.4, 0.5) is 4.39 Å². The average molecular weight is 319 g/mol. The van der Waals surface area contributed by atoms with E-state index in [-0.39, 0.29) is 26.3 Å². The molecular weight excluding hydrogens is 305 g/mol. The number of halogens is 1. The van der Waals surface area contributed by atoms with Crippen LogP contribution in [-0.4, -0.2) is 61.3 Å². The molecule has 0 spiro atoms. The molecule has 1 saturated heterocycles. The van der Waals surface area contributed by atoms with Crippen LogP contribution in [0.3, 0.4) is 0 Å². The fourth-order valence-electron chi connectivity index (χ4n) is 2.05. The van der Waals surface area contributed by atoms with Crippen LogP contribution in [0.2, 0.25) is 0 Å². The minimum absolute atomic E-state index is 0.00834. The van der Waals surface area contributed by atoms with E-state index < -0.39 is 38.4 Å². The van der Waals surface area contributed by atoms with Crippen LogP contribution in [0.25, 0.3) is 0 Å². The Hall–Kier alpha value is -1.55. The number of hydrogen-bond acceptors (Lipinski definition) is 5. The van der Waals surface area contributed by atoms with Gasteiger partial charge in [-0.25, -0.2) is 17.6 Å². The Labute approximate surface area is 120 Å². The number of hydrogen-bond donors (Lipinski definition) is 2. The minimum Gasteiger partial charge on any atom is -0.478 e. The lowest BCUT2D eigenvalue weighted by Gasteiger charge is -2.31. The van der Waals surface area contributed by atoms with Gasteiger partial charge in [0.2, 0.25) is 10.0 Å². The van der Waals surface area contributed by atoms with Crippen molar-refractivity contribution >= 4 is 16.0 Å². The van der Waals surface area contributed by atoms with Crippen LogP contribution in [0, 0.1) is 5.82 Å². The van der Waals surface area contributed by atoms with Gasteiger partial charge in [0.25, 0.3) is 0 Å². The highest BCUT2D eigenvalue weighted by Gasteiger charge is 2.33. The fourth-order valence-corrected chi connectivity index (χ4v) is 3.70. The predicted octanol–water partition coefficient (Wildman–Crippen LogP) is -0.0943. The largest absolute Gasteiger partial charge is 0.478 e. The Morgan fingerprint density at radius 2 is 2.19 bits per heavy atom. The average Bonchev–Trinajstić information content (AvgIpc) is 2.46. The molecule has 0 saturated carbocycles. The number of carbonyl (C=O) groups is 1. The van der Waals surface area contributed by atoms with E-state index in [4.69, 9.17) is 14.9 Å². The summed E-state index contributed by atoms with van der Waals surface area (Å²) in [6, 6.07) is 2.48. The Morgan fingerprint density at radius 1 is 1.48 bits per heavy atom. The summed E-state index contributed by atoms with van der Waals surface area (Å²) in [5.74, 6) is -2.30. The van der Waals surface area contributed by atoms with E-state index >= 15 is 0 Å². The molecule has 0 radical (unpaired) electrons. The van der Waals surface area contributed by atoms with Crippen molar-refractivity contribution in [3.63, 3.8) is 0 Å². The van der Waals surface area contributed by atoms with E-state index in [2.05, 4.69) is 0 Å². The van der Waals surface area contributed by atoms with Gasteiger partial charge in [-0.2, -0.15) is 4.31 Å². The second-order valence-electron chi connectivity index (χ2n) is 4.48. The number of carboxylic acids is 1. The molecule has 2 rings (SSSR count). The summed E-state index contributed by atoms with van der Waals surface area (Å²) in [4.78, 5) is 10.5. The first-order valence-electron chi connectivity index (χ1n) is 6.11. The summed E-state index contributed by atoms with van der Waals surface area (Å²) in [5, 5.41) is 18.1. The smallest absolute Gasteiger partial charge is 0.337 e. The van der Waals surface area contributed by atoms with E-state index in [1.807, 2.05) is 0 Å². The summed E-state index contributed by atoms with van der Waals surface area (Å²) >= 11 is 0. The topological polar surface area (TPSA) is 104 Å². The van der Waals surface area contributed by atoms with Crippen molar-refractivity contribution in [1.29, 1.82) is 0 Å². The number of benzene rings is 1. The van der Waals surface area contributed by atoms with Crippen LogP contribution < -0.4 is 0 Å². The fraction of sp³-hybridized carbons (Fsp3) is 0.417. The summed E-state index contributed by atoms with van der Waals surface area (Å²) in [6.07, 6.45) is -0.685. The van der Waals surface area contributed by atoms with Gasteiger partial charge >= 0.3 is 5.97 Å². The molecule has 2 N–H and O–H groups in total. The molecule has 0 bridgehead atoms. The number of aliphatic hydroxyl groups is 1.